The van der Waals surface area contributed by atoms with Gasteiger partial charge in [0.15, 0.2) is 5.75 Å². The normalized spacial score (nSPS) is 11.4. The van der Waals surface area contributed by atoms with E-state index in [4.69, 9.17) is 18.9 Å². The minimum atomic E-state index is -2.48. The second kappa shape index (κ2) is 27.1. The first-order chi connectivity index (χ1) is 21.9. The van der Waals surface area contributed by atoms with Gasteiger partial charge in [0.05, 0.1) is 26.4 Å². The summed E-state index contributed by atoms with van der Waals surface area (Å²) in [6.07, 6.45) is 22.1. The fraction of sp³-hybridized carbons (Fsp3) is 0.763. The van der Waals surface area contributed by atoms with Gasteiger partial charge in [0.25, 0.3) is 0 Å². The first kappa shape index (κ1) is 41.0. The molecule has 0 radical (unpaired) electrons. The Bertz CT molecular complexity index is 960. The molecule has 0 saturated carbocycles. The van der Waals surface area contributed by atoms with E-state index in [1.165, 1.54) is 64.2 Å². The summed E-state index contributed by atoms with van der Waals surface area (Å²) in [6, 6.07) is 1.71. The number of ether oxygens (including phenoxy) is 4. The molecule has 0 amide bonds. The number of carbonyl (C=O) groups is 1. The number of rotatable bonds is 31. The molecule has 0 fully saturated rings. The van der Waals surface area contributed by atoms with Crippen molar-refractivity contribution < 1.29 is 28.3 Å². The number of benzene rings is 1. The quantitative estimate of drug-likeness (QED) is 0.0453. The number of allylic oxidation sites excluding steroid dienone is 1. The van der Waals surface area contributed by atoms with Crippen molar-refractivity contribution in [1.82, 2.24) is 0 Å². The molecule has 0 bridgehead atoms. The molecule has 0 spiro atoms. The van der Waals surface area contributed by atoms with Crippen molar-refractivity contribution in [3.63, 3.8) is 0 Å². The SMILES string of the molecule is C=C(C)C(=O)[P+](=O)c1cc(OCCCCCCC)c(OCCCCCCC)c(OCCCCCCC)c1OCCCCCCC. The van der Waals surface area contributed by atoms with Crippen molar-refractivity contribution >= 4 is 18.6 Å². The van der Waals surface area contributed by atoms with Gasteiger partial charge in [-0.15, -0.1) is 0 Å². The van der Waals surface area contributed by atoms with Crippen LogP contribution in [0.5, 0.6) is 23.0 Å². The predicted octanol–water partition coefficient (Wildman–Crippen LogP) is 11.6. The maximum Gasteiger partial charge on any atom is 0.462 e. The van der Waals surface area contributed by atoms with Gasteiger partial charge in [-0.25, -0.2) is 4.79 Å². The number of hydrogen-bond acceptors (Lipinski definition) is 6. The highest BCUT2D eigenvalue weighted by Gasteiger charge is 2.40. The van der Waals surface area contributed by atoms with E-state index in [2.05, 4.69) is 34.3 Å². The molecule has 7 heteroatoms. The summed E-state index contributed by atoms with van der Waals surface area (Å²) in [4.78, 5) is 13.0. The fourth-order valence-electron chi connectivity index (χ4n) is 5.06. The van der Waals surface area contributed by atoms with E-state index < -0.39 is 13.3 Å². The van der Waals surface area contributed by atoms with Crippen LogP contribution in [-0.2, 0) is 9.36 Å². The van der Waals surface area contributed by atoms with Crippen molar-refractivity contribution in [1.29, 1.82) is 0 Å². The van der Waals surface area contributed by atoms with Gasteiger partial charge in [-0.3, -0.25) is 0 Å². The van der Waals surface area contributed by atoms with Crippen LogP contribution in [0, 0.1) is 0 Å². The number of hydrogen-bond donors (Lipinski definition) is 0. The standard InChI is InChI=1S/C38H66O6P/c1-7-11-15-19-23-27-41-33-31-34(45(40)38(39)32(5)6)36(43-29-25-21-17-13-9-3)37(44-30-26-22-18-14-10-4)35(33)42-28-24-20-16-12-8-2/h31H,5,7-30H2,1-4,6H3/q+1. The fourth-order valence-corrected chi connectivity index (χ4v) is 6.21. The van der Waals surface area contributed by atoms with Crippen molar-refractivity contribution in [3.8, 4) is 23.0 Å². The maximum atomic E-state index is 13.8. The molecule has 1 aromatic rings. The molecule has 258 valence electrons. The van der Waals surface area contributed by atoms with Crippen molar-refractivity contribution in [2.24, 2.45) is 0 Å². The van der Waals surface area contributed by atoms with Gasteiger partial charge in [-0.1, -0.05) is 142 Å². The molecule has 0 aliphatic rings. The highest BCUT2D eigenvalue weighted by atomic mass is 31.1. The lowest BCUT2D eigenvalue weighted by Crippen LogP contribution is -2.16. The third-order valence-electron chi connectivity index (χ3n) is 7.89. The Labute approximate surface area is 277 Å². The Morgan fingerprint density at radius 3 is 1.31 bits per heavy atom. The second-order valence-electron chi connectivity index (χ2n) is 12.3. The minimum Gasteiger partial charge on any atom is -0.489 e. The van der Waals surface area contributed by atoms with E-state index in [0.29, 0.717) is 54.7 Å². The van der Waals surface area contributed by atoms with E-state index in [9.17, 15) is 9.36 Å². The van der Waals surface area contributed by atoms with Gasteiger partial charge < -0.3 is 18.9 Å². The Kier molecular flexibility index (Phi) is 24.6. The largest absolute Gasteiger partial charge is 0.489 e. The monoisotopic (exact) mass is 649 g/mol. The van der Waals surface area contributed by atoms with E-state index in [0.717, 1.165) is 64.2 Å². The minimum absolute atomic E-state index is 0.255. The van der Waals surface area contributed by atoms with Crippen LogP contribution in [0.1, 0.15) is 163 Å². The molecule has 0 heterocycles. The summed E-state index contributed by atoms with van der Waals surface area (Å²) in [6.45, 7) is 16.2. The molecule has 0 saturated heterocycles. The lowest BCUT2D eigenvalue weighted by molar-refractivity contribution is -0.108. The highest BCUT2D eigenvalue weighted by Crippen LogP contribution is 2.48. The van der Waals surface area contributed by atoms with Crippen LogP contribution in [0.4, 0.5) is 0 Å². The molecule has 6 nitrogen and oxygen atoms in total. The summed E-state index contributed by atoms with van der Waals surface area (Å²) in [5, 5.41) is 0.309. The smallest absolute Gasteiger partial charge is 0.462 e. The molecule has 1 rings (SSSR count). The molecule has 0 aliphatic carbocycles. The number of unbranched alkanes of at least 4 members (excludes halogenated alkanes) is 16. The van der Waals surface area contributed by atoms with Crippen molar-refractivity contribution in [2.75, 3.05) is 26.4 Å². The molecule has 1 unspecified atom stereocenters. The zero-order chi connectivity index (χ0) is 33.1. The molecule has 0 N–H and O–H groups in total. The summed E-state index contributed by atoms with van der Waals surface area (Å²) in [5.74, 6) is 1.75. The average Bonchev–Trinajstić information content (AvgIpc) is 3.04. The van der Waals surface area contributed by atoms with Crippen LogP contribution in [0.2, 0.25) is 0 Å². The predicted molar refractivity (Wildman–Crippen MR) is 191 cm³/mol. The zero-order valence-electron chi connectivity index (χ0n) is 29.7. The van der Waals surface area contributed by atoms with E-state index in [1.54, 1.807) is 13.0 Å². The van der Waals surface area contributed by atoms with E-state index in [-0.39, 0.29) is 5.57 Å². The average molecular weight is 650 g/mol. The summed E-state index contributed by atoms with van der Waals surface area (Å²) < 4.78 is 39.4. The molecule has 0 aromatic heterocycles. The molecule has 45 heavy (non-hydrogen) atoms. The Balaban J connectivity index is 3.50. The first-order valence-corrected chi connectivity index (χ1v) is 19.6. The van der Waals surface area contributed by atoms with Crippen LogP contribution in [0.3, 0.4) is 0 Å². The Morgan fingerprint density at radius 1 is 0.556 bits per heavy atom. The molecule has 1 atom stereocenters. The van der Waals surface area contributed by atoms with Gasteiger partial charge >= 0.3 is 13.3 Å². The van der Waals surface area contributed by atoms with Gasteiger partial charge in [0.1, 0.15) is 0 Å². The molecule has 1 aromatic carbocycles. The van der Waals surface area contributed by atoms with Gasteiger partial charge in [0.2, 0.25) is 22.6 Å². The van der Waals surface area contributed by atoms with Crippen molar-refractivity contribution in [3.05, 3.63) is 18.2 Å². The maximum absolute atomic E-state index is 13.8. The highest BCUT2D eigenvalue weighted by molar-refractivity contribution is 7.71. The first-order valence-electron chi connectivity index (χ1n) is 18.3. The summed E-state index contributed by atoms with van der Waals surface area (Å²) in [5.41, 5.74) is -0.232. The van der Waals surface area contributed by atoms with E-state index >= 15 is 0 Å². The van der Waals surface area contributed by atoms with E-state index in [1.807, 2.05) is 0 Å². The van der Waals surface area contributed by atoms with Crippen LogP contribution >= 0.6 is 7.80 Å². The second-order valence-corrected chi connectivity index (χ2v) is 13.8. The van der Waals surface area contributed by atoms with Crippen molar-refractivity contribution in [2.45, 2.75) is 163 Å². The molecular formula is C38H66O6P+. The Hall–Kier alpha value is -2.07. The third kappa shape index (κ3) is 17.4. The van der Waals surface area contributed by atoms with Crippen LogP contribution in [-0.4, -0.2) is 32.0 Å². The third-order valence-corrected chi connectivity index (χ3v) is 9.41. The van der Waals surface area contributed by atoms with Gasteiger partial charge in [-0.05, 0) is 32.6 Å². The van der Waals surface area contributed by atoms with Crippen LogP contribution in [0.25, 0.3) is 0 Å². The summed E-state index contributed by atoms with van der Waals surface area (Å²) >= 11 is 0. The zero-order valence-corrected chi connectivity index (χ0v) is 30.5. The lowest BCUT2D eigenvalue weighted by Gasteiger charge is -2.20. The Morgan fingerprint density at radius 2 is 0.911 bits per heavy atom. The number of carbonyl (C=O) groups excluding carboxylic acids is 1. The lowest BCUT2D eigenvalue weighted by atomic mass is 10.1. The molecule has 0 aliphatic heterocycles. The van der Waals surface area contributed by atoms with Crippen LogP contribution in [0.15, 0.2) is 18.2 Å². The molecular weight excluding hydrogens is 583 g/mol. The van der Waals surface area contributed by atoms with Crippen LogP contribution < -0.4 is 24.3 Å². The summed E-state index contributed by atoms with van der Waals surface area (Å²) in [7, 11) is -2.48. The van der Waals surface area contributed by atoms with Gasteiger partial charge in [-0.2, -0.15) is 0 Å². The topological polar surface area (TPSA) is 71.1 Å². The van der Waals surface area contributed by atoms with Gasteiger partial charge in [0, 0.05) is 11.6 Å².